The van der Waals surface area contributed by atoms with E-state index >= 15 is 0 Å². The number of rotatable bonds is 4. The monoisotopic (exact) mass is 260 g/mol. The number of benzene rings is 1. The Morgan fingerprint density at radius 1 is 1.53 bits per heavy atom. The molecule has 0 aliphatic carbocycles. The van der Waals surface area contributed by atoms with Gasteiger partial charge < -0.3 is 5.11 Å². The van der Waals surface area contributed by atoms with Gasteiger partial charge in [-0.2, -0.15) is 5.10 Å². The summed E-state index contributed by atoms with van der Waals surface area (Å²) in [5.74, 6) is -1.55. The Balaban J connectivity index is 2.23. The maximum atomic E-state index is 13.5. The van der Waals surface area contributed by atoms with Crippen molar-refractivity contribution in [1.29, 1.82) is 0 Å². The van der Waals surface area contributed by atoms with E-state index in [9.17, 15) is 9.18 Å². The summed E-state index contributed by atoms with van der Waals surface area (Å²) in [4.78, 5) is 10.4. The number of nitrogens with zero attached hydrogens (tertiary/aromatic N) is 2. The molecule has 0 aliphatic heterocycles. The van der Waals surface area contributed by atoms with E-state index in [0.717, 1.165) is 17.2 Å². The van der Waals surface area contributed by atoms with Crippen LogP contribution in [0.2, 0.25) is 0 Å². The van der Waals surface area contributed by atoms with Crippen LogP contribution < -0.4 is 0 Å². The van der Waals surface area contributed by atoms with Crippen molar-refractivity contribution < 1.29 is 14.3 Å². The zero-order valence-corrected chi connectivity index (χ0v) is 10.4. The lowest BCUT2D eigenvalue weighted by molar-refractivity contribution is -0.131. The minimum Gasteiger partial charge on any atom is -0.478 e. The highest BCUT2D eigenvalue weighted by Gasteiger charge is 2.03. The van der Waals surface area contributed by atoms with Gasteiger partial charge in [-0.25, -0.2) is 9.18 Å². The summed E-state index contributed by atoms with van der Waals surface area (Å²) in [7, 11) is 0. The number of hydrogen-bond donors (Lipinski definition) is 1. The predicted octanol–water partition coefficient (Wildman–Crippen LogP) is 2.48. The summed E-state index contributed by atoms with van der Waals surface area (Å²) in [6.45, 7) is 2.46. The van der Waals surface area contributed by atoms with Crippen molar-refractivity contribution in [3.05, 3.63) is 59.2 Å². The number of aryl methyl sites for hydroxylation is 1. The van der Waals surface area contributed by atoms with Crippen LogP contribution in [-0.4, -0.2) is 20.9 Å². The molecule has 2 rings (SSSR count). The van der Waals surface area contributed by atoms with Gasteiger partial charge in [0.05, 0.1) is 12.7 Å². The van der Waals surface area contributed by atoms with Gasteiger partial charge >= 0.3 is 5.97 Å². The van der Waals surface area contributed by atoms with Crippen LogP contribution in [0.3, 0.4) is 0 Å². The van der Waals surface area contributed by atoms with E-state index in [2.05, 4.69) is 5.10 Å². The number of hydrogen-bond acceptors (Lipinski definition) is 2. The molecular weight excluding hydrogens is 247 g/mol. The molecule has 0 radical (unpaired) electrons. The molecule has 0 spiro atoms. The van der Waals surface area contributed by atoms with Gasteiger partial charge in [0.2, 0.25) is 0 Å². The molecule has 0 saturated carbocycles. The van der Waals surface area contributed by atoms with Crippen LogP contribution >= 0.6 is 0 Å². The lowest BCUT2D eigenvalue weighted by atomic mass is 10.1. The van der Waals surface area contributed by atoms with E-state index in [4.69, 9.17) is 5.11 Å². The predicted molar refractivity (Wildman–Crippen MR) is 69.1 cm³/mol. The fraction of sp³-hybridized carbons (Fsp3) is 0.143. The number of halogens is 1. The second-order valence-corrected chi connectivity index (χ2v) is 4.24. The first-order valence-electron chi connectivity index (χ1n) is 5.73. The SMILES string of the molecule is Cc1cnn(Cc2ccc(F)c(C=CC(=O)O)c2)c1. The molecule has 0 saturated heterocycles. The smallest absolute Gasteiger partial charge is 0.328 e. The number of aliphatic carboxylic acids is 1. The van der Waals surface area contributed by atoms with Crippen LogP contribution in [0.4, 0.5) is 4.39 Å². The molecule has 0 fully saturated rings. The average Bonchev–Trinajstić information content (AvgIpc) is 2.75. The van der Waals surface area contributed by atoms with Gasteiger partial charge in [-0.05, 0) is 36.3 Å². The van der Waals surface area contributed by atoms with Crippen LogP contribution in [0, 0.1) is 12.7 Å². The summed E-state index contributed by atoms with van der Waals surface area (Å²) < 4.78 is 15.2. The standard InChI is InChI=1S/C14H13FN2O2/c1-10-7-16-17(8-10)9-11-2-4-13(15)12(6-11)3-5-14(18)19/h2-8H,9H2,1H3,(H,18,19). The van der Waals surface area contributed by atoms with Gasteiger partial charge in [0.1, 0.15) is 5.82 Å². The van der Waals surface area contributed by atoms with Crippen LogP contribution in [-0.2, 0) is 11.3 Å². The molecular formula is C14H13FN2O2. The van der Waals surface area contributed by atoms with Crippen molar-refractivity contribution in [2.45, 2.75) is 13.5 Å². The Labute approximate surface area is 109 Å². The molecule has 0 unspecified atom stereocenters. The highest BCUT2D eigenvalue weighted by Crippen LogP contribution is 2.13. The maximum Gasteiger partial charge on any atom is 0.328 e. The highest BCUT2D eigenvalue weighted by atomic mass is 19.1. The van der Waals surface area contributed by atoms with Gasteiger partial charge in [-0.15, -0.1) is 0 Å². The van der Waals surface area contributed by atoms with Crippen LogP contribution in [0.1, 0.15) is 16.7 Å². The van der Waals surface area contributed by atoms with Gasteiger partial charge in [-0.1, -0.05) is 6.07 Å². The Kier molecular flexibility index (Phi) is 3.75. The molecule has 19 heavy (non-hydrogen) atoms. The number of carboxylic acid groups (broad SMARTS) is 1. The lowest BCUT2D eigenvalue weighted by Gasteiger charge is -2.04. The van der Waals surface area contributed by atoms with E-state index in [0.29, 0.717) is 6.54 Å². The molecule has 4 nitrogen and oxygen atoms in total. The largest absolute Gasteiger partial charge is 0.478 e. The van der Waals surface area contributed by atoms with Crippen molar-refractivity contribution >= 4 is 12.0 Å². The maximum absolute atomic E-state index is 13.5. The minimum absolute atomic E-state index is 0.253. The normalized spacial score (nSPS) is 11.1. The molecule has 0 aliphatic rings. The fourth-order valence-corrected chi connectivity index (χ4v) is 1.72. The van der Waals surface area contributed by atoms with Crippen LogP contribution in [0.15, 0.2) is 36.7 Å². The van der Waals surface area contributed by atoms with E-state index < -0.39 is 11.8 Å². The zero-order valence-electron chi connectivity index (χ0n) is 10.4. The first-order chi connectivity index (χ1) is 9.04. The Morgan fingerprint density at radius 3 is 2.95 bits per heavy atom. The van der Waals surface area contributed by atoms with Crippen molar-refractivity contribution in [2.24, 2.45) is 0 Å². The summed E-state index contributed by atoms with van der Waals surface area (Å²) in [6, 6.07) is 4.60. The van der Waals surface area contributed by atoms with Crippen LogP contribution in [0.5, 0.6) is 0 Å². The minimum atomic E-state index is -1.10. The second kappa shape index (κ2) is 5.48. The van der Waals surface area contributed by atoms with E-state index in [-0.39, 0.29) is 5.56 Å². The average molecular weight is 260 g/mol. The molecule has 2 aromatic rings. The third kappa shape index (κ3) is 3.51. The Bertz CT molecular complexity index is 632. The molecule has 5 heteroatoms. The molecule has 1 aromatic carbocycles. The third-order valence-electron chi connectivity index (χ3n) is 2.57. The topological polar surface area (TPSA) is 55.1 Å². The lowest BCUT2D eigenvalue weighted by Crippen LogP contribution is -2.00. The van der Waals surface area contributed by atoms with E-state index in [1.165, 1.54) is 12.1 Å². The van der Waals surface area contributed by atoms with Gasteiger partial charge in [-0.3, -0.25) is 4.68 Å². The van der Waals surface area contributed by atoms with Crippen molar-refractivity contribution in [3.8, 4) is 0 Å². The number of aromatic nitrogens is 2. The fourth-order valence-electron chi connectivity index (χ4n) is 1.72. The molecule has 1 aromatic heterocycles. The first-order valence-corrected chi connectivity index (χ1v) is 5.73. The summed E-state index contributed by atoms with van der Waals surface area (Å²) in [6.07, 6.45) is 5.79. The van der Waals surface area contributed by atoms with Crippen LogP contribution in [0.25, 0.3) is 6.08 Å². The van der Waals surface area contributed by atoms with Gasteiger partial charge in [0.25, 0.3) is 0 Å². The van der Waals surface area contributed by atoms with Gasteiger partial charge in [0.15, 0.2) is 0 Å². The number of carboxylic acids is 1. The van der Waals surface area contributed by atoms with E-state index in [1.807, 2.05) is 13.1 Å². The quantitative estimate of drug-likeness (QED) is 0.859. The first kappa shape index (κ1) is 13.0. The van der Waals surface area contributed by atoms with Gasteiger partial charge in [0, 0.05) is 17.8 Å². The summed E-state index contributed by atoms with van der Waals surface area (Å²) in [5, 5.41) is 12.7. The van der Waals surface area contributed by atoms with E-state index in [1.54, 1.807) is 23.0 Å². The zero-order chi connectivity index (χ0) is 13.8. The molecule has 0 amide bonds. The molecule has 1 N–H and O–H groups in total. The molecule has 98 valence electrons. The summed E-state index contributed by atoms with van der Waals surface area (Å²) in [5.41, 5.74) is 2.16. The number of carbonyl (C=O) groups is 1. The van der Waals surface area contributed by atoms with Crippen molar-refractivity contribution in [1.82, 2.24) is 9.78 Å². The Morgan fingerprint density at radius 2 is 2.32 bits per heavy atom. The molecule has 0 bridgehead atoms. The van der Waals surface area contributed by atoms with Crippen molar-refractivity contribution in [3.63, 3.8) is 0 Å². The molecule has 0 atom stereocenters. The third-order valence-corrected chi connectivity index (χ3v) is 2.57. The van der Waals surface area contributed by atoms with Crippen molar-refractivity contribution in [2.75, 3.05) is 0 Å². The molecule has 1 heterocycles. The Hall–Kier alpha value is -2.43. The highest BCUT2D eigenvalue weighted by molar-refractivity contribution is 5.85. The summed E-state index contributed by atoms with van der Waals surface area (Å²) >= 11 is 0. The second-order valence-electron chi connectivity index (χ2n) is 4.24.